The fourth-order valence-electron chi connectivity index (χ4n) is 1.39. The first-order chi connectivity index (χ1) is 5.84. The first kappa shape index (κ1) is 9.03. The highest BCUT2D eigenvalue weighted by Crippen LogP contribution is 2.25. The summed E-state index contributed by atoms with van der Waals surface area (Å²) in [6.07, 6.45) is 3.95. The molecule has 0 saturated heterocycles. The number of hydrogen-bond donors (Lipinski definition) is 0. The molecule has 0 atom stereocenters. The Labute approximate surface area is 70.8 Å². The Balaban J connectivity index is 2.14. The molecule has 0 aromatic carbocycles. The molecule has 1 radical (unpaired) electrons. The lowest BCUT2D eigenvalue weighted by Crippen LogP contribution is -2.16. The third kappa shape index (κ3) is 2.53. The average molecular weight is 171 g/mol. The van der Waals surface area contributed by atoms with E-state index in [0.717, 1.165) is 25.7 Å². The van der Waals surface area contributed by atoms with Crippen LogP contribution in [0, 0.1) is 5.92 Å². The molecular formula is C8H11O4. The van der Waals surface area contributed by atoms with Crippen LogP contribution in [0.1, 0.15) is 25.7 Å². The van der Waals surface area contributed by atoms with Gasteiger partial charge in [0.05, 0.1) is 5.92 Å². The fraction of sp³-hybridized carbons (Fsp3) is 0.750. The number of hydrogen-bond acceptors (Lipinski definition) is 4. The van der Waals surface area contributed by atoms with E-state index in [4.69, 9.17) is 0 Å². The Bertz CT molecular complexity index is 160. The number of carbonyl (C=O) groups is 1. The third-order valence-electron chi connectivity index (χ3n) is 2.01. The van der Waals surface area contributed by atoms with Gasteiger partial charge in [-0.1, -0.05) is 12.8 Å². The summed E-state index contributed by atoms with van der Waals surface area (Å²) >= 11 is 0. The second kappa shape index (κ2) is 4.74. The highest BCUT2D eigenvalue weighted by atomic mass is 16.7. The molecule has 67 valence electrons. The first-order valence-electron chi connectivity index (χ1n) is 4.00. The van der Waals surface area contributed by atoms with Crippen LogP contribution in [-0.2, 0) is 19.1 Å². The maximum absolute atomic E-state index is 11.1. The summed E-state index contributed by atoms with van der Waals surface area (Å²) in [4.78, 5) is 20.7. The van der Waals surface area contributed by atoms with E-state index in [0.29, 0.717) is 0 Å². The van der Waals surface area contributed by atoms with Crippen molar-refractivity contribution >= 4 is 12.4 Å². The zero-order chi connectivity index (χ0) is 8.81. The van der Waals surface area contributed by atoms with Gasteiger partial charge in [-0.15, -0.1) is 0 Å². The summed E-state index contributed by atoms with van der Waals surface area (Å²) in [5.74, 6) is -0.247. The van der Waals surface area contributed by atoms with Crippen LogP contribution >= 0.6 is 0 Å². The molecule has 4 nitrogen and oxygen atoms in total. The highest BCUT2D eigenvalue weighted by molar-refractivity contribution is 5.72. The van der Waals surface area contributed by atoms with Crippen molar-refractivity contribution in [3.05, 3.63) is 0 Å². The molecule has 0 heterocycles. The van der Waals surface area contributed by atoms with E-state index in [2.05, 4.69) is 9.47 Å². The van der Waals surface area contributed by atoms with Gasteiger partial charge in [-0.25, -0.2) is 4.79 Å². The number of carbonyl (C=O) groups excluding carboxylic acids is 2. The topological polar surface area (TPSA) is 52.6 Å². The van der Waals surface area contributed by atoms with Crippen molar-refractivity contribution in [2.45, 2.75) is 25.7 Å². The van der Waals surface area contributed by atoms with E-state index >= 15 is 0 Å². The van der Waals surface area contributed by atoms with Crippen LogP contribution in [0.15, 0.2) is 0 Å². The SMILES string of the molecule is O=[C]OCOC(=O)C1CCCC1. The summed E-state index contributed by atoms with van der Waals surface area (Å²) in [6.45, 7) is 0.880. The van der Waals surface area contributed by atoms with Gasteiger partial charge in [0.15, 0.2) is 0 Å². The smallest absolute Gasteiger partial charge is 0.420 e. The predicted octanol–water partition coefficient (Wildman–Crippen LogP) is 0.761. The Hall–Kier alpha value is -1.06. The van der Waals surface area contributed by atoms with Crippen LogP contribution in [0.5, 0.6) is 0 Å². The van der Waals surface area contributed by atoms with Crippen LogP contribution < -0.4 is 0 Å². The molecule has 1 fully saturated rings. The monoisotopic (exact) mass is 171 g/mol. The minimum atomic E-state index is -0.307. The summed E-state index contributed by atoms with van der Waals surface area (Å²) in [6, 6.07) is 0. The largest absolute Gasteiger partial charge is 0.428 e. The van der Waals surface area contributed by atoms with Crippen molar-refractivity contribution in [1.29, 1.82) is 0 Å². The molecule has 1 aliphatic rings. The van der Waals surface area contributed by atoms with Gasteiger partial charge in [0.25, 0.3) is 0 Å². The van der Waals surface area contributed by atoms with Crippen LogP contribution in [0.2, 0.25) is 0 Å². The minimum absolute atomic E-state index is 0.0141. The summed E-state index contributed by atoms with van der Waals surface area (Å²) < 4.78 is 8.76. The van der Waals surface area contributed by atoms with E-state index in [1.807, 2.05) is 0 Å². The number of rotatable bonds is 4. The average Bonchev–Trinajstić information content (AvgIpc) is 2.56. The molecule has 0 spiro atoms. The van der Waals surface area contributed by atoms with Crippen molar-refractivity contribution in [2.75, 3.05) is 6.79 Å². The molecule has 0 aliphatic heterocycles. The summed E-state index contributed by atoms with van der Waals surface area (Å²) in [5.41, 5.74) is 0. The molecule has 0 aromatic rings. The van der Waals surface area contributed by atoms with Crippen LogP contribution in [0.25, 0.3) is 0 Å². The first-order valence-corrected chi connectivity index (χ1v) is 4.00. The molecule has 0 unspecified atom stereocenters. The number of ether oxygens (including phenoxy) is 2. The molecule has 1 saturated carbocycles. The normalized spacial score (nSPS) is 17.3. The summed E-state index contributed by atoms with van der Waals surface area (Å²) in [5, 5.41) is 0. The van der Waals surface area contributed by atoms with E-state index in [1.54, 1.807) is 0 Å². The van der Waals surface area contributed by atoms with Crippen molar-refractivity contribution in [3.8, 4) is 0 Å². The van der Waals surface area contributed by atoms with Gasteiger partial charge in [0.2, 0.25) is 6.79 Å². The van der Waals surface area contributed by atoms with E-state index in [1.165, 1.54) is 6.47 Å². The molecule has 0 bridgehead atoms. The van der Waals surface area contributed by atoms with Gasteiger partial charge < -0.3 is 9.47 Å². The van der Waals surface area contributed by atoms with E-state index in [9.17, 15) is 9.59 Å². The second-order valence-electron chi connectivity index (χ2n) is 2.79. The number of esters is 1. The van der Waals surface area contributed by atoms with Crippen molar-refractivity contribution in [1.82, 2.24) is 0 Å². The maximum Gasteiger partial charge on any atom is 0.420 e. The van der Waals surface area contributed by atoms with Gasteiger partial charge in [0.1, 0.15) is 0 Å². The Morgan fingerprint density at radius 1 is 1.42 bits per heavy atom. The summed E-state index contributed by atoms with van der Waals surface area (Å²) in [7, 11) is 0. The van der Waals surface area contributed by atoms with Crippen LogP contribution in [0.4, 0.5) is 0 Å². The lowest BCUT2D eigenvalue weighted by molar-refractivity contribution is -0.155. The molecular weight excluding hydrogens is 160 g/mol. The Morgan fingerprint density at radius 2 is 2.08 bits per heavy atom. The molecule has 1 aliphatic carbocycles. The second-order valence-corrected chi connectivity index (χ2v) is 2.79. The zero-order valence-electron chi connectivity index (χ0n) is 6.75. The maximum atomic E-state index is 11.1. The van der Waals surface area contributed by atoms with Gasteiger partial charge in [0, 0.05) is 0 Å². The van der Waals surface area contributed by atoms with E-state index in [-0.39, 0.29) is 18.7 Å². The molecule has 4 heteroatoms. The van der Waals surface area contributed by atoms with Crippen molar-refractivity contribution in [3.63, 3.8) is 0 Å². The Morgan fingerprint density at radius 3 is 2.67 bits per heavy atom. The lowest BCUT2D eigenvalue weighted by Gasteiger charge is -2.07. The van der Waals surface area contributed by atoms with Crippen molar-refractivity contribution in [2.24, 2.45) is 5.92 Å². The van der Waals surface area contributed by atoms with Gasteiger partial charge in [-0.2, -0.15) is 0 Å². The third-order valence-corrected chi connectivity index (χ3v) is 2.01. The zero-order valence-corrected chi connectivity index (χ0v) is 6.75. The molecule has 0 amide bonds. The minimum Gasteiger partial charge on any atom is -0.428 e. The lowest BCUT2D eigenvalue weighted by atomic mass is 10.1. The van der Waals surface area contributed by atoms with Gasteiger partial charge in [-0.3, -0.25) is 4.79 Å². The molecule has 1 rings (SSSR count). The Kier molecular flexibility index (Phi) is 3.57. The van der Waals surface area contributed by atoms with Crippen molar-refractivity contribution < 1.29 is 19.1 Å². The van der Waals surface area contributed by atoms with E-state index < -0.39 is 0 Å². The quantitative estimate of drug-likeness (QED) is 0.356. The molecule has 0 N–H and O–H groups in total. The highest BCUT2D eigenvalue weighted by Gasteiger charge is 2.23. The van der Waals surface area contributed by atoms with Gasteiger partial charge in [-0.05, 0) is 12.8 Å². The molecule has 12 heavy (non-hydrogen) atoms. The van der Waals surface area contributed by atoms with Crippen LogP contribution in [0.3, 0.4) is 0 Å². The molecule has 0 aromatic heterocycles. The fourth-order valence-corrected chi connectivity index (χ4v) is 1.39. The standard InChI is InChI=1S/C8H11O4/c9-5-11-6-12-8(10)7-3-1-2-4-7/h7H,1-4,6H2. The van der Waals surface area contributed by atoms with Gasteiger partial charge >= 0.3 is 12.4 Å². The van der Waals surface area contributed by atoms with Crippen LogP contribution in [-0.4, -0.2) is 19.2 Å². The predicted molar refractivity (Wildman–Crippen MR) is 39.7 cm³/mol.